The van der Waals surface area contributed by atoms with E-state index < -0.39 is 0 Å². The number of nitriles is 1. The number of rotatable bonds is 5. The van der Waals surface area contributed by atoms with Gasteiger partial charge in [-0.05, 0) is 43.7 Å². The van der Waals surface area contributed by atoms with Crippen LogP contribution in [0, 0.1) is 11.3 Å². The van der Waals surface area contributed by atoms with E-state index in [1.54, 1.807) is 19.2 Å². The molecule has 2 heterocycles. The molecule has 152 valence electrons. The fourth-order valence-corrected chi connectivity index (χ4v) is 3.97. The largest absolute Gasteiger partial charge is 0.494 e. The number of urea groups is 1. The molecule has 1 aliphatic rings. The van der Waals surface area contributed by atoms with Crippen molar-refractivity contribution in [1.82, 2.24) is 9.47 Å². The van der Waals surface area contributed by atoms with E-state index in [0.717, 1.165) is 27.9 Å². The average Bonchev–Trinajstić information content (AvgIpc) is 3.20. The third-order valence-electron chi connectivity index (χ3n) is 5.31. The van der Waals surface area contributed by atoms with Gasteiger partial charge in [-0.1, -0.05) is 12.1 Å². The molecule has 1 fully saturated rings. The lowest BCUT2D eigenvalue weighted by Gasteiger charge is -2.15. The zero-order valence-corrected chi connectivity index (χ0v) is 17.2. The molecule has 1 saturated heterocycles. The van der Waals surface area contributed by atoms with Gasteiger partial charge in [0.2, 0.25) is 0 Å². The molecule has 0 aliphatic carbocycles. The summed E-state index contributed by atoms with van der Waals surface area (Å²) >= 11 is 0. The maximum Gasteiger partial charge on any atom is 0.331 e. The summed E-state index contributed by atoms with van der Waals surface area (Å²) in [5, 5.41) is 10.8. The summed E-state index contributed by atoms with van der Waals surface area (Å²) in [5.74, 6) is 0.512. The number of hydrogen-bond acceptors (Lipinski definition) is 4. The number of fused-ring (bicyclic) bond motifs is 1. The summed E-state index contributed by atoms with van der Waals surface area (Å²) in [6.07, 6.45) is 0. The number of carbonyl (C=O) groups excluding carboxylic acids is 2. The van der Waals surface area contributed by atoms with Gasteiger partial charge < -0.3 is 14.2 Å². The number of benzene rings is 2. The summed E-state index contributed by atoms with van der Waals surface area (Å²) in [6.45, 7) is 5.29. The second-order valence-corrected chi connectivity index (χ2v) is 7.11. The highest BCUT2D eigenvalue weighted by molar-refractivity contribution is 6.19. The standard InChI is InChI=1S/C23H22N4O3/c1-4-26-20-12-17(30-5-2)10-11-18(20)19(13-24)22(26)15-6-8-16(9-7-15)27-21(28)14-25(3)23(27)29/h6-12H,4-5,14H2,1-3H3. The van der Waals surface area contributed by atoms with Gasteiger partial charge in [0, 0.05) is 25.0 Å². The molecule has 0 atom stereocenters. The molecule has 4 rings (SSSR count). The maximum absolute atomic E-state index is 12.2. The van der Waals surface area contributed by atoms with Crippen LogP contribution in [-0.4, -0.2) is 41.6 Å². The van der Waals surface area contributed by atoms with Gasteiger partial charge in [-0.15, -0.1) is 0 Å². The SMILES string of the molecule is CCOc1ccc2c(C#N)c(-c3ccc(N4C(=O)CN(C)C4=O)cc3)n(CC)c2c1. The first-order chi connectivity index (χ1) is 14.5. The van der Waals surface area contributed by atoms with Gasteiger partial charge in [-0.2, -0.15) is 5.26 Å². The molecule has 0 N–H and O–H groups in total. The molecule has 0 radical (unpaired) electrons. The Morgan fingerprint density at radius 2 is 1.83 bits per heavy atom. The van der Waals surface area contributed by atoms with E-state index in [4.69, 9.17) is 4.74 Å². The minimum atomic E-state index is -0.336. The number of carbonyl (C=O) groups is 2. The zero-order valence-electron chi connectivity index (χ0n) is 17.2. The van der Waals surface area contributed by atoms with Crippen LogP contribution in [0.1, 0.15) is 19.4 Å². The lowest BCUT2D eigenvalue weighted by atomic mass is 10.1. The number of amides is 3. The van der Waals surface area contributed by atoms with Crippen molar-refractivity contribution in [3.05, 3.63) is 48.0 Å². The van der Waals surface area contributed by atoms with E-state index >= 15 is 0 Å². The zero-order chi connectivity index (χ0) is 21.4. The Balaban J connectivity index is 1.82. The molecule has 7 nitrogen and oxygen atoms in total. The lowest BCUT2D eigenvalue weighted by Crippen LogP contribution is -2.31. The number of anilines is 1. The first kappa shape index (κ1) is 19.5. The van der Waals surface area contributed by atoms with Crippen molar-refractivity contribution in [2.75, 3.05) is 25.1 Å². The summed E-state index contributed by atoms with van der Waals surface area (Å²) < 4.78 is 7.72. The highest BCUT2D eigenvalue weighted by Crippen LogP contribution is 2.36. The fourth-order valence-electron chi connectivity index (χ4n) is 3.97. The summed E-state index contributed by atoms with van der Waals surface area (Å²) in [6, 6.07) is 14.9. The van der Waals surface area contributed by atoms with Gasteiger partial charge >= 0.3 is 6.03 Å². The fraction of sp³-hybridized carbons (Fsp3) is 0.261. The van der Waals surface area contributed by atoms with Crippen LogP contribution in [0.3, 0.4) is 0 Å². The van der Waals surface area contributed by atoms with E-state index in [0.29, 0.717) is 24.4 Å². The molecule has 3 aromatic rings. The number of likely N-dealkylation sites (N-methyl/N-ethyl adjacent to an activating group) is 1. The van der Waals surface area contributed by atoms with Gasteiger partial charge in [-0.25, -0.2) is 9.69 Å². The highest BCUT2D eigenvalue weighted by Gasteiger charge is 2.34. The van der Waals surface area contributed by atoms with Crippen molar-refractivity contribution >= 4 is 28.5 Å². The molecular formula is C23H22N4O3. The molecule has 2 aromatic carbocycles. The molecule has 7 heteroatoms. The molecule has 0 bridgehead atoms. The van der Waals surface area contributed by atoms with Gasteiger partial charge in [0.05, 0.1) is 29.1 Å². The Hall–Kier alpha value is -3.79. The smallest absolute Gasteiger partial charge is 0.331 e. The summed E-state index contributed by atoms with van der Waals surface area (Å²) in [4.78, 5) is 27.0. The summed E-state index contributed by atoms with van der Waals surface area (Å²) in [5.41, 5.74) is 3.71. The van der Waals surface area contributed by atoms with Crippen LogP contribution in [0.2, 0.25) is 0 Å². The number of aromatic nitrogens is 1. The van der Waals surface area contributed by atoms with Crippen LogP contribution in [0.5, 0.6) is 5.75 Å². The number of ether oxygens (including phenoxy) is 1. The number of hydrogen-bond donors (Lipinski definition) is 0. The average molecular weight is 402 g/mol. The first-order valence-corrected chi connectivity index (χ1v) is 9.87. The number of aryl methyl sites for hydroxylation is 1. The van der Waals surface area contributed by atoms with Crippen molar-refractivity contribution in [2.45, 2.75) is 20.4 Å². The van der Waals surface area contributed by atoms with Crippen LogP contribution >= 0.6 is 0 Å². The van der Waals surface area contributed by atoms with Crippen molar-refractivity contribution < 1.29 is 14.3 Å². The number of imide groups is 1. The van der Waals surface area contributed by atoms with Crippen molar-refractivity contribution in [3.8, 4) is 23.1 Å². The molecule has 0 saturated carbocycles. The van der Waals surface area contributed by atoms with Crippen molar-refractivity contribution in [3.63, 3.8) is 0 Å². The minimum Gasteiger partial charge on any atom is -0.494 e. The van der Waals surface area contributed by atoms with Crippen molar-refractivity contribution in [2.24, 2.45) is 0 Å². The second kappa shape index (κ2) is 7.56. The van der Waals surface area contributed by atoms with Crippen LogP contribution in [0.25, 0.3) is 22.2 Å². The van der Waals surface area contributed by atoms with E-state index in [2.05, 4.69) is 10.6 Å². The molecule has 3 amide bonds. The van der Waals surface area contributed by atoms with Gasteiger partial charge in [0.1, 0.15) is 18.4 Å². The van der Waals surface area contributed by atoms with E-state index in [1.807, 2.05) is 44.2 Å². The van der Waals surface area contributed by atoms with Crippen LogP contribution in [-0.2, 0) is 11.3 Å². The Morgan fingerprint density at radius 1 is 1.10 bits per heavy atom. The monoisotopic (exact) mass is 402 g/mol. The van der Waals surface area contributed by atoms with E-state index in [9.17, 15) is 14.9 Å². The molecular weight excluding hydrogens is 380 g/mol. The van der Waals surface area contributed by atoms with Crippen LogP contribution < -0.4 is 9.64 Å². The number of nitrogens with zero attached hydrogens (tertiary/aromatic N) is 4. The molecule has 1 aliphatic heterocycles. The predicted molar refractivity (Wildman–Crippen MR) is 114 cm³/mol. The quantitative estimate of drug-likeness (QED) is 0.605. The van der Waals surface area contributed by atoms with Gasteiger partial charge in [-0.3, -0.25) is 4.79 Å². The van der Waals surface area contributed by atoms with Gasteiger partial charge in [0.15, 0.2) is 0 Å². The topological polar surface area (TPSA) is 78.6 Å². The Morgan fingerprint density at radius 3 is 2.40 bits per heavy atom. The summed E-state index contributed by atoms with van der Waals surface area (Å²) in [7, 11) is 1.60. The second-order valence-electron chi connectivity index (χ2n) is 7.11. The predicted octanol–water partition coefficient (Wildman–Crippen LogP) is 4.00. The molecule has 0 spiro atoms. The normalized spacial score (nSPS) is 13.9. The first-order valence-electron chi connectivity index (χ1n) is 9.87. The highest BCUT2D eigenvalue weighted by atomic mass is 16.5. The Labute approximate surface area is 174 Å². The lowest BCUT2D eigenvalue weighted by molar-refractivity contribution is -0.116. The van der Waals surface area contributed by atoms with Crippen LogP contribution in [0.15, 0.2) is 42.5 Å². The maximum atomic E-state index is 12.2. The molecule has 0 unspecified atom stereocenters. The third kappa shape index (κ3) is 2.98. The van der Waals surface area contributed by atoms with E-state index in [1.165, 1.54) is 9.80 Å². The third-order valence-corrected chi connectivity index (χ3v) is 5.31. The van der Waals surface area contributed by atoms with Gasteiger partial charge in [0.25, 0.3) is 5.91 Å². The van der Waals surface area contributed by atoms with Crippen molar-refractivity contribution in [1.29, 1.82) is 5.26 Å². The Bertz CT molecular complexity index is 1190. The Kier molecular flexibility index (Phi) is 4.92. The minimum absolute atomic E-state index is 0.0748. The van der Waals surface area contributed by atoms with Crippen LogP contribution in [0.4, 0.5) is 10.5 Å². The molecule has 1 aromatic heterocycles. The molecule has 30 heavy (non-hydrogen) atoms. The van der Waals surface area contributed by atoms with E-state index in [-0.39, 0.29) is 18.5 Å².